The van der Waals surface area contributed by atoms with Gasteiger partial charge in [-0.05, 0) is 23.3 Å². The highest BCUT2D eigenvalue weighted by Gasteiger charge is 2.16. The molecule has 0 radical (unpaired) electrons. The fourth-order valence-electron chi connectivity index (χ4n) is 2.71. The van der Waals surface area contributed by atoms with E-state index in [1.54, 1.807) is 6.33 Å². The van der Waals surface area contributed by atoms with Crippen molar-refractivity contribution in [1.29, 1.82) is 0 Å². The molecule has 0 aliphatic carbocycles. The molecule has 1 unspecified atom stereocenters. The third-order valence-electron chi connectivity index (χ3n) is 3.78. The lowest BCUT2D eigenvalue weighted by Gasteiger charge is -2.18. The van der Waals surface area contributed by atoms with Crippen LogP contribution < -0.4 is 11.3 Å². The number of nitrogens with two attached hydrogens (primary N) is 1. The summed E-state index contributed by atoms with van der Waals surface area (Å²) < 4.78 is 1.90. The zero-order valence-electron chi connectivity index (χ0n) is 12.0. The molecule has 0 bridgehead atoms. The predicted octanol–water partition coefficient (Wildman–Crippen LogP) is 2.20. The Hall–Kier alpha value is -2.24. The average Bonchev–Trinajstić information content (AvgIpc) is 2.99. The fraction of sp³-hybridized carbons (Fsp3) is 0.250. The molecule has 1 heterocycles. The number of hydrogen-bond donors (Lipinski definition) is 2. The number of benzene rings is 2. The maximum Gasteiger partial charge on any atom is 0.138 e. The second-order valence-corrected chi connectivity index (χ2v) is 4.98. The second-order valence-electron chi connectivity index (χ2n) is 4.98. The monoisotopic (exact) mass is 281 g/mol. The summed E-state index contributed by atoms with van der Waals surface area (Å²) in [6.45, 7) is 2.86. The highest BCUT2D eigenvalue weighted by Crippen LogP contribution is 2.25. The van der Waals surface area contributed by atoms with E-state index in [2.05, 4.69) is 52.8 Å². The first-order valence-corrected chi connectivity index (χ1v) is 7.14. The van der Waals surface area contributed by atoms with E-state index in [1.807, 2.05) is 16.8 Å². The van der Waals surface area contributed by atoms with Crippen LogP contribution in [0.3, 0.4) is 0 Å². The Kier molecular flexibility index (Phi) is 3.94. The first kappa shape index (κ1) is 13.7. The first-order chi connectivity index (χ1) is 10.3. The van der Waals surface area contributed by atoms with Gasteiger partial charge < -0.3 is 0 Å². The van der Waals surface area contributed by atoms with Crippen LogP contribution >= 0.6 is 0 Å². The Labute approximate surface area is 123 Å². The van der Waals surface area contributed by atoms with E-state index in [1.165, 1.54) is 16.3 Å². The fourth-order valence-corrected chi connectivity index (χ4v) is 2.71. The molecular weight excluding hydrogens is 262 g/mol. The molecule has 1 aromatic heterocycles. The molecule has 21 heavy (non-hydrogen) atoms. The number of hydrazine groups is 1. The van der Waals surface area contributed by atoms with Gasteiger partial charge in [-0.3, -0.25) is 16.0 Å². The molecule has 0 fully saturated rings. The number of aryl methyl sites for hydroxylation is 1. The molecule has 1 atom stereocenters. The van der Waals surface area contributed by atoms with Gasteiger partial charge in [0.2, 0.25) is 0 Å². The largest absolute Gasteiger partial charge is 0.271 e. The van der Waals surface area contributed by atoms with E-state index in [9.17, 15) is 0 Å². The van der Waals surface area contributed by atoms with E-state index < -0.39 is 0 Å². The van der Waals surface area contributed by atoms with Crippen molar-refractivity contribution in [2.75, 3.05) is 0 Å². The summed E-state index contributed by atoms with van der Waals surface area (Å²) in [6, 6.07) is 14.6. The van der Waals surface area contributed by atoms with Gasteiger partial charge in [-0.15, -0.1) is 0 Å². The summed E-state index contributed by atoms with van der Waals surface area (Å²) in [5.74, 6) is 6.73. The van der Waals surface area contributed by atoms with Gasteiger partial charge in [0.05, 0.1) is 6.04 Å². The third-order valence-corrected chi connectivity index (χ3v) is 3.78. The number of hydrogen-bond acceptors (Lipinski definition) is 4. The van der Waals surface area contributed by atoms with Crippen LogP contribution in [0.25, 0.3) is 10.8 Å². The lowest BCUT2D eigenvalue weighted by molar-refractivity contribution is 0.513. The second kappa shape index (κ2) is 6.03. The quantitative estimate of drug-likeness (QED) is 0.555. The maximum atomic E-state index is 5.80. The smallest absolute Gasteiger partial charge is 0.138 e. The number of fused-ring (bicyclic) bond motifs is 1. The molecule has 0 saturated carbocycles. The van der Waals surface area contributed by atoms with Gasteiger partial charge in [-0.2, -0.15) is 5.10 Å². The standard InChI is InChI=1S/C16H19N5/c1-2-21-16(18-11-19-21)10-15(20-17)14-9-5-7-12-6-3-4-8-13(12)14/h3-9,11,15,20H,2,10,17H2,1H3. The van der Waals surface area contributed by atoms with Crippen molar-refractivity contribution in [1.82, 2.24) is 20.2 Å². The molecule has 0 aliphatic heterocycles. The van der Waals surface area contributed by atoms with Crippen LogP contribution in [0.1, 0.15) is 24.4 Å². The average molecular weight is 281 g/mol. The van der Waals surface area contributed by atoms with Gasteiger partial charge in [0, 0.05) is 13.0 Å². The van der Waals surface area contributed by atoms with Crippen molar-refractivity contribution in [3.63, 3.8) is 0 Å². The number of nitrogens with one attached hydrogen (secondary N) is 1. The Morgan fingerprint density at radius 3 is 2.81 bits per heavy atom. The van der Waals surface area contributed by atoms with Gasteiger partial charge in [-0.25, -0.2) is 4.98 Å². The zero-order chi connectivity index (χ0) is 14.7. The van der Waals surface area contributed by atoms with Crippen molar-refractivity contribution < 1.29 is 0 Å². The van der Waals surface area contributed by atoms with Gasteiger partial charge in [-0.1, -0.05) is 42.5 Å². The van der Waals surface area contributed by atoms with E-state index in [0.29, 0.717) is 6.42 Å². The normalized spacial score (nSPS) is 12.7. The third kappa shape index (κ3) is 2.66. The molecule has 108 valence electrons. The van der Waals surface area contributed by atoms with Crippen LogP contribution in [0.2, 0.25) is 0 Å². The molecule has 0 saturated heterocycles. The molecule has 5 nitrogen and oxygen atoms in total. The summed E-state index contributed by atoms with van der Waals surface area (Å²) in [6.07, 6.45) is 2.30. The first-order valence-electron chi connectivity index (χ1n) is 7.14. The van der Waals surface area contributed by atoms with Crippen LogP contribution in [0.15, 0.2) is 48.8 Å². The highest BCUT2D eigenvalue weighted by molar-refractivity contribution is 5.86. The minimum Gasteiger partial charge on any atom is -0.271 e. The number of rotatable bonds is 5. The Balaban J connectivity index is 1.99. The predicted molar refractivity (Wildman–Crippen MR) is 83.4 cm³/mol. The zero-order valence-corrected chi connectivity index (χ0v) is 12.0. The highest BCUT2D eigenvalue weighted by atomic mass is 15.3. The number of aromatic nitrogens is 3. The minimum absolute atomic E-state index is 0.00519. The van der Waals surface area contributed by atoms with Crippen LogP contribution in [0.5, 0.6) is 0 Å². The van der Waals surface area contributed by atoms with Crippen molar-refractivity contribution in [3.05, 3.63) is 60.2 Å². The summed E-state index contributed by atoms with van der Waals surface area (Å²) in [5, 5.41) is 6.64. The lowest BCUT2D eigenvalue weighted by atomic mass is 9.97. The van der Waals surface area contributed by atoms with Gasteiger partial charge in [0.25, 0.3) is 0 Å². The molecule has 2 aromatic carbocycles. The van der Waals surface area contributed by atoms with E-state index >= 15 is 0 Å². The summed E-state index contributed by atoms with van der Waals surface area (Å²) in [7, 11) is 0. The summed E-state index contributed by atoms with van der Waals surface area (Å²) in [4.78, 5) is 4.34. The van der Waals surface area contributed by atoms with Gasteiger partial charge in [0.15, 0.2) is 0 Å². The molecule has 5 heteroatoms. The molecule has 3 aromatic rings. The topological polar surface area (TPSA) is 68.8 Å². The lowest BCUT2D eigenvalue weighted by Crippen LogP contribution is -2.30. The Morgan fingerprint density at radius 2 is 2.00 bits per heavy atom. The molecule has 0 aliphatic rings. The minimum atomic E-state index is 0.00519. The Morgan fingerprint density at radius 1 is 1.19 bits per heavy atom. The SMILES string of the molecule is CCn1ncnc1CC(NN)c1cccc2ccccc12. The summed E-state index contributed by atoms with van der Waals surface area (Å²) in [5.41, 5.74) is 4.10. The van der Waals surface area contributed by atoms with Crippen LogP contribution in [0.4, 0.5) is 0 Å². The van der Waals surface area contributed by atoms with Crippen LogP contribution in [0, 0.1) is 0 Å². The van der Waals surface area contributed by atoms with Crippen molar-refractivity contribution >= 4 is 10.8 Å². The van der Waals surface area contributed by atoms with Crippen molar-refractivity contribution in [3.8, 4) is 0 Å². The van der Waals surface area contributed by atoms with E-state index in [-0.39, 0.29) is 6.04 Å². The molecule has 0 amide bonds. The van der Waals surface area contributed by atoms with Crippen molar-refractivity contribution in [2.45, 2.75) is 25.9 Å². The maximum absolute atomic E-state index is 5.80. The van der Waals surface area contributed by atoms with Crippen LogP contribution in [-0.4, -0.2) is 14.8 Å². The molecular formula is C16H19N5. The van der Waals surface area contributed by atoms with Gasteiger partial charge in [0.1, 0.15) is 12.2 Å². The molecule has 3 rings (SSSR count). The molecule has 0 spiro atoms. The van der Waals surface area contributed by atoms with Gasteiger partial charge >= 0.3 is 0 Å². The summed E-state index contributed by atoms with van der Waals surface area (Å²) >= 11 is 0. The van der Waals surface area contributed by atoms with E-state index in [4.69, 9.17) is 5.84 Å². The molecule has 3 N–H and O–H groups in total. The number of nitrogens with zero attached hydrogens (tertiary/aromatic N) is 3. The Bertz CT molecular complexity index is 729. The van der Waals surface area contributed by atoms with Crippen molar-refractivity contribution in [2.24, 2.45) is 5.84 Å². The van der Waals surface area contributed by atoms with Crippen LogP contribution in [-0.2, 0) is 13.0 Å². The van der Waals surface area contributed by atoms with E-state index in [0.717, 1.165) is 12.4 Å².